The van der Waals surface area contributed by atoms with Crippen LogP contribution < -0.4 is 14.8 Å². The highest BCUT2D eigenvalue weighted by Gasteiger charge is 2.13. The van der Waals surface area contributed by atoms with Gasteiger partial charge in [-0.25, -0.2) is 4.39 Å². The number of halogens is 3. The molecular weight excluding hydrogens is 373 g/mol. The molecule has 8 heteroatoms. The molecule has 0 saturated heterocycles. The van der Waals surface area contributed by atoms with E-state index < -0.39 is 6.61 Å². The Kier molecular flexibility index (Phi) is 8.13. The van der Waals surface area contributed by atoms with Crippen LogP contribution in [-0.4, -0.2) is 44.7 Å². The number of likely N-dealkylation sites (N-methyl/N-ethyl adjacent to an activating group) is 1. The Morgan fingerprint density at radius 2 is 1.79 bits per heavy atom. The zero-order valence-corrected chi connectivity index (χ0v) is 15.8. The molecule has 0 aromatic heterocycles. The van der Waals surface area contributed by atoms with Crippen molar-refractivity contribution in [3.63, 3.8) is 0 Å². The molecule has 0 radical (unpaired) electrons. The summed E-state index contributed by atoms with van der Waals surface area (Å²) in [6.45, 7) is -2.00. The number of nitrogens with one attached hydrogen (secondary N) is 1. The summed E-state index contributed by atoms with van der Waals surface area (Å²) in [7, 11) is 3.12. The van der Waals surface area contributed by atoms with Crippen LogP contribution in [0.1, 0.15) is 11.1 Å². The zero-order valence-electron chi connectivity index (χ0n) is 15.8. The molecule has 5 nitrogen and oxygen atoms in total. The van der Waals surface area contributed by atoms with E-state index in [2.05, 4.69) is 10.1 Å². The van der Waals surface area contributed by atoms with E-state index in [4.69, 9.17) is 4.74 Å². The van der Waals surface area contributed by atoms with Crippen molar-refractivity contribution < 1.29 is 27.4 Å². The van der Waals surface area contributed by atoms with Crippen LogP contribution in [0.4, 0.5) is 13.2 Å². The summed E-state index contributed by atoms with van der Waals surface area (Å²) in [6.07, 6.45) is 0.600. The maximum atomic E-state index is 12.9. The quantitative estimate of drug-likeness (QED) is 0.670. The summed E-state index contributed by atoms with van der Waals surface area (Å²) < 4.78 is 47.3. The third kappa shape index (κ3) is 7.11. The molecule has 0 unspecified atom stereocenters. The van der Waals surface area contributed by atoms with Gasteiger partial charge < -0.3 is 14.8 Å². The van der Waals surface area contributed by atoms with Gasteiger partial charge in [0, 0.05) is 13.1 Å². The van der Waals surface area contributed by atoms with Crippen molar-refractivity contribution in [1.82, 2.24) is 10.2 Å². The van der Waals surface area contributed by atoms with Gasteiger partial charge >= 0.3 is 6.61 Å². The Hall–Kier alpha value is -2.74. The van der Waals surface area contributed by atoms with E-state index in [-0.39, 0.29) is 29.8 Å². The molecule has 0 bridgehead atoms. The van der Waals surface area contributed by atoms with Crippen LogP contribution in [-0.2, 0) is 17.8 Å². The second kappa shape index (κ2) is 10.6. The van der Waals surface area contributed by atoms with Gasteiger partial charge in [0.25, 0.3) is 0 Å². The molecule has 0 fully saturated rings. The highest BCUT2D eigenvalue weighted by Crippen LogP contribution is 2.29. The lowest BCUT2D eigenvalue weighted by atomic mass is 10.1. The van der Waals surface area contributed by atoms with Crippen LogP contribution in [0, 0.1) is 5.82 Å². The summed E-state index contributed by atoms with van der Waals surface area (Å²) in [5.41, 5.74) is 1.64. The molecule has 2 aromatic rings. The number of carbonyl (C=O) groups excluding carboxylic acids is 1. The fraction of sp³-hybridized carbons (Fsp3) is 0.350. The fourth-order valence-electron chi connectivity index (χ4n) is 2.67. The van der Waals surface area contributed by atoms with Crippen LogP contribution in [0.15, 0.2) is 42.5 Å². The number of amides is 1. The van der Waals surface area contributed by atoms with Gasteiger partial charge in [0.15, 0.2) is 11.5 Å². The molecule has 152 valence electrons. The lowest BCUT2D eigenvalue weighted by Gasteiger charge is -2.18. The number of hydrogen-bond donors (Lipinski definition) is 1. The molecule has 0 spiro atoms. The summed E-state index contributed by atoms with van der Waals surface area (Å²) in [5.74, 6) is -0.297. The molecule has 1 N–H and O–H groups in total. The zero-order chi connectivity index (χ0) is 20.5. The van der Waals surface area contributed by atoms with Crippen molar-refractivity contribution in [2.45, 2.75) is 19.6 Å². The predicted molar refractivity (Wildman–Crippen MR) is 99.1 cm³/mol. The smallest absolute Gasteiger partial charge is 0.387 e. The first-order valence-electron chi connectivity index (χ1n) is 8.69. The molecule has 2 rings (SSSR count). The molecule has 0 atom stereocenters. The van der Waals surface area contributed by atoms with E-state index in [1.807, 2.05) is 0 Å². The van der Waals surface area contributed by atoms with Gasteiger partial charge in [0.05, 0.1) is 13.7 Å². The van der Waals surface area contributed by atoms with E-state index >= 15 is 0 Å². The Bertz CT molecular complexity index is 770. The van der Waals surface area contributed by atoms with Gasteiger partial charge in [-0.1, -0.05) is 18.2 Å². The number of ether oxygens (including phenoxy) is 2. The number of alkyl halides is 2. The van der Waals surface area contributed by atoms with Crippen molar-refractivity contribution in [3.8, 4) is 11.5 Å². The van der Waals surface area contributed by atoms with Crippen LogP contribution in [0.25, 0.3) is 0 Å². The Morgan fingerprint density at radius 3 is 2.43 bits per heavy atom. The average molecular weight is 396 g/mol. The lowest BCUT2D eigenvalue weighted by Crippen LogP contribution is -2.35. The van der Waals surface area contributed by atoms with Crippen molar-refractivity contribution in [2.24, 2.45) is 0 Å². The van der Waals surface area contributed by atoms with Crippen molar-refractivity contribution >= 4 is 5.91 Å². The first-order valence-corrected chi connectivity index (χ1v) is 8.69. The minimum absolute atomic E-state index is 0.0489. The second-order valence-electron chi connectivity index (χ2n) is 6.26. The molecule has 0 aliphatic heterocycles. The Labute approximate surface area is 162 Å². The van der Waals surface area contributed by atoms with E-state index in [0.29, 0.717) is 25.1 Å². The highest BCUT2D eigenvalue weighted by atomic mass is 19.3. The lowest BCUT2D eigenvalue weighted by molar-refractivity contribution is -0.122. The van der Waals surface area contributed by atoms with Gasteiger partial charge in [-0.3, -0.25) is 9.69 Å². The third-order valence-corrected chi connectivity index (χ3v) is 3.96. The van der Waals surface area contributed by atoms with Gasteiger partial charge in [-0.15, -0.1) is 0 Å². The molecule has 1 amide bonds. The van der Waals surface area contributed by atoms with Crippen molar-refractivity contribution in [2.75, 3.05) is 27.2 Å². The Morgan fingerprint density at radius 1 is 1.11 bits per heavy atom. The van der Waals surface area contributed by atoms with Gasteiger partial charge in [-0.05, 0) is 48.9 Å². The molecule has 0 saturated carbocycles. The van der Waals surface area contributed by atoms with E-state index in [0.717, 1.165) is 5.56 Å². The number of methoxy groups -OCH3 is 1. The maximum Gasteiger partial charge on any atom is 0.387 e. The van der Waals surface area contributed by atoms with Crippen molar-refractivity contribution in [3.05, 3.63) is 59.4 Å². The Balaban J connectivity index is 1.81. The molecule has 0 heterocycles. The van der Waals surface area contributed by atoms with Gasteiger partial charge in [0.2, 0.25) is 5.91 Å². The van der Waals surface area contributed by atoms with Crippen molar-refractivity contribution in [1.29, 1.82) is 0 Å². The number of hydrogen-bond acceptors (Lipinski definition) is 4. The molecule has 28 heavy (non-hydrogen) atoms. The summed E-state index contributed by atoms with van der Waals surface area (Å²) >= 11 is 0. The number of rotatable bonds is 10. The summed E-state index contributed by atoms with van der Waals surface area (Å²) in [4.78, 5) is 13.8. The van der Waals surface area contributed by atoms with Crippen LogP contribution in [0.5, 0.6) is 11.5 Å². The highest BCUT2D eigenvalue weighted by molar-refractivity contribution is 5.77. The first-order chi connectivity index (χ1) is 13.4. The molecule has 0 aliphatic carbocycles. The molecular formula is C20H23F3N2O3. The number of nitrogens with zero attached hydrogens (tertiary/aromatic N) is 1. The van der Waals surface area contributed by atoms with Crippen LogP contribution in [0.3, 0.4) is 0 Å². The normalized spacial score (nSPS) is 11.0. The topological polar surface area (TPSA) is 50.8 Å². The summed E-state index contributed by atoms with van der Waals surface area (Å²) in [5, 5.41) is 2.80. The van der Waals surface area contributed by atoms with Gasteiger partial charge in [-0.2, -0.15) is 8.78 Å². The third-order valence-electron chi connectivity index (χ3n) is 3.96. The minimum Gasteiger partial charge on any atom is -0.493 e. The fourth-order valence-corrected chi connectivity index (χ4v) is 2.67. The maximum absolute atomic E-state index is 12.9. The monoisotopic (exact) mass is 396 g/mol. The van der Waals surface area contributed by atoms with E-state index in [1.165, 1.54) is 25.3 Å². The number of carbonyl (C=O) groups is 1. The first kappa shape index (κ1) is 21.6. The van der Waals surface area contributed by atoms with Crippen LogP contribution in [0.2, 0.25) is 0 Å². The summed E-state index contributed by atoms with van der Waals surface area (Å²) in [6, 6.07) is 10.8. The molecule has 0 aliphatic rings. The molecule has 2 aromatic carbocycles. The largest absolute Gasteiger partial charge is 0.493 e. The average Bonchev–Trinajstić information content (AvgIpc) is 2.63. The van der Waals surface area contributed by atoms with Gasteiger partial charge in [0.1, 0.15) is 5.82 Å². The standard InChI is InChI=1S/C20H23F3N2O3/c1-25(12-15-5-8-17(27-2)18(11-15)28-20(22)23)13-19(26)24-10-9-14-3-6-16(21)7-4-14/h3-8,11,20H,9-10,12-13H2,1-2H3,(H,24,26). The van der Waals surface area contributed by atoms with E-state index in [1.54, 1.807) is 36.2 Å². The predicted octanol–water partition coefficient (Wildman–Crippen LogP) is 3.23. The second-order valence-corrected chi connectivity index (χ2v) is 6.26. The van der Waals surface area contributed by atoms with E-state index in [9.17, 15) is 18.0 Å². The SMILES string of the molecule is COc1ccc(CN(C)CC(=O)NCCc2ccc(F)cc2)cc1OC(F)F. The van der Waals surface area contributed by atoms with Crippen LogP contribution >= 0.6 is 0 Å². The number of benzene rings is 2. The minimum atomic E-state index is -2.95.